The summed E-state index contributed by atoms with van der Waals surface area (Å²) in [5, 5.41) is 6.86. The predicted octanol–water partition coefficient (Wildman–Crippen LogP) is 6.55. The summed E-state index contributed by atoms with van der Waals surface area (Å²) in [7, 11) is 0. The van der Waals surface area contributed by atoms with E-state index in [0.717, 1.165) is 27.7 Å². The lowest BCUT2D eigenvalue weighted by Crippen LogP contribution is -2.17. The number of hydrogen-bond donors (Lipinski definition) is 2. The van der Waals surface area contributed by atoms with Gasteiger partial charge in [0.2, 0.25) is 5.91 Å². The maximum absolute atomic E-state index is 13.3. The van der Waals surface area contributed by atoms with E-state index >= 15 is 0 Å². The van der Waals surface area contributed by atoms with E-state index in [4.69, 9.17) is 0 Å². The fourth-order valence-electron chi connectivity index (χ4n) is 3.98. The van der Waals surface area contributed by atoms with Gasteiger partial charge in [-0.2, -0.15) is 0 Å². The molecule has 0 saturated heterocycles. The van der Waals surface area contributed by atoms with E-state index in [1.54, 1.807) is 0 Å². The molecule has 1 heterocycles. The molecule has 4 rings (SSSR count). The quantitative estimate of drug-likeness (QED) is 0.313. The van der Waals surface area contributed by atoms with Crippen LogP contribution in [0.15, 0.2) is 90.5 Å². The molecular weight excluding hydrogens is 422 g/mol. The molecule has 0 radical (unpaired) electrons. The number of benzene rings is 3. The van der Waals surface area contributed by atoms with Gasteiger partial charge < -0.3 is 15.2 Å². The van der Waals surface area contributed by atoms with Crippen LogP contribution >= 0.6 is 0 Å². The first-order valence-corrected chi connectivity index (χ1v) is 11.4. The lowest BCUT2D eigenvalue weighted by atomic mass is 10.1. The topological polar surface area (TPSA) is 63.1 Å². The minimum atomic E-state index is -0.177. The highest BCUT2D eigenvalue weighted by Crippen LogP contribution is 2.26. The minimum absolute atomic E-state index is 0.0591. The van der Waals surface area contributed by atoms with Gasteiger partial charge in [0, 0.05) is 35.2 Å². The molecule has 172 valence electrons. The van der Waals surface area contributed by atoms with Crippen molar-refractivity contribution in [1.29, 1.82) is 0 Å². The maximum Gasteiger partial charge on any atom is 0.272 e. The Morgan fingerprint density at radius 2 is 1.68 bits per heavy atom. The molecule has 0 aliphatic rings. The van der Waals surface area contributed by atoms with Crippen LogP contribution in [0.4, 0.5) is 11.4 Å². The minimum Gasteiger partial charge on any atom is -0.332 e. The van der Waals surface area contributed by atoms with Crippen molar-refractivity contribution in [1.82, 2.24) is 4.57 Å². The van der Waals surface area contributed by atoms with Gasteiger partial charge in [0.1, 0.15) is 5.69 Å². The van der Waals surface area contributed by atoms with Crippen molar-refractivity contribution in [3.05, 3.63) is 107 Å². The number of carbonyl (C=O) groups is 2. The number of fused-ring (bicyclic) bond motifs is 1. The molecule has 4 aromatic rings. The van der Waals surface area contributed by atoms with Crippen molar-refractivity contribution >= 4 is 34.1 Å². The standard InChI is InChI=1S/C29H29N3O2/c1-4-20(2)16-28(33)30-25-13-14-26-23(17-25)18-27(29(34)31-24-11-6-5-7-12-24)32(26)19-22-10-8-9-21(3)15-22/h4-15,17-18H,16,19H2,1-3H3,(H,30,33)(H,31,34)/b20-4+. The second kappa shape index (κ2) is 10.2. The highest BCUT2D eigenvalue weighted by atomic mass is 16.2. The summed E-state index contributed by atoms with van der Waals surface area (Å²) in [4.78, 5) is 25.6. The van der Waals surface area contributed by atoms with Crippen LogP contribution in [0.5, 0.6) is 0 Å². The second-order valence-corrected chi connectivity index (χ2v) is 8.56. The first kappa shape index (κ1) is 23.1. The van der Waals surface area contributed by atoms with Crippen LogP contribution in [0.2, 0.25) is 0 Å². The third kappa shape index (κ3) is 5.44. The molecule has 0 aliphatic heterocycles. The number of aryl methyl sites for hydroxylation is 1. The van der Waals surface area contributed by atoms with Crippen LogP contribution in [0, 0.1) is 6.92 Å². The normalized spacial score (nSPS) is 11.4. The Morgan fingerprint density at radius 3 is 2.41 bits per heavy atom. The van der Waals surface area contributed by atoms with Gasteiger partial charge in [-0.05, 0) is 62.7 Å². The van der Waals surface area contributed by atoms with E-state index in [-0.39, 0.29) is 11.8 Å². The largest absolute Gasteiger partial charge is 0.332 e. The third-order valence-electron chi connectivity index (χ3n) is 5.80. The van der Waals surface area contributed by atoms with E-state index in [2.05, 4.69) is 35.8 Å². The number of hydrogen-bond acceptors (Lipinski definition) is 2. The Kier molecular flexibility index (Phi) is 6.93. The molecule has 0 unspecified atom stereocenters. The van der Waals surface area contributed by atoms with Gasteiger partial charge in [0.15, 0.2) is 0 Å². The van der Waals surface area contributed by atoms with E-state index in [9.17, 15) is 9.59 Å². The number of carbonyl (C=O) groups excluding carboxylic acids is 2. The van der Waals surface area contributed by atoms with Gasteiger partial charge in [-0.1, -0.05) is 59.7 Å². The molecule has 0 saturated carbocycles. The lowest BCUT2D eigenvalue weighted by molar-refractivity contribution is -0.115. The Hall–Kier alpha value is -4.12. The molecule has 5 nitrogen and oxygen atoms in total. The zero-order chi connectivity index (χ0) is 24.1. The predicted molar refractivity (Wildman–Crippen MR) is 139 cm³/mol. The van der Waals surface area contributed by atoms with Crippen molar-refractivity contribution < 1.29 is 9.59 Å². The molecule has 0 atom stereocenters. The van der Waals surface area contributed by atoms with Crippen LogP contribution in [0.3, 0.4) is 0 Å². The summed E-state index contributed by atoms with van der Waals surface area (Å²) in [6.07, 6.45) is 2.29. The molecule has 1 aromatic heterocycles. The molecule has 2 N–H and O–H groups in total. The zero-order valence-electron chi connectivity index (χ0n) is 19.8. The van der Waals surface area contributed by atoms with Crippen LogP contribution in [-0.4, -0.2) is 16.4 Å². The number of nitrogens with one attached hydrogen (secondary N) is 2. The van der Waals surface area contributed by atoms with E-state index < -0.39 is 0 Å². The van der Waals surface area contributed by atoms with Crippen LogP contribution in [0.25, 0.3) is 10.9 Å². The second-order valence-electron chi connectivity index (χ2n) is 8.56. The smallest absolute Gasteiger partial charge is 0.272 e. The Morgan fingerprint density at radius 1 is 0.882 bits per heavy atom. The summed E-state index contributed by atoms with van der Waals surface area (Å²) in [5.74, 6) is -0.236. The monoisotopic (exact) mass is 451 g/mol. The number of anilines is 2. The number of aromatic nitrogens is 1. The first-order chi connectivity index (χ1) is 16.4. The highest BCUT2D eigenvalue weighted by molar-refractivity contribution is 6.07. The van der Waals surface area contributed by atoms with Crippen LogP contribution in [-0.2, 0) is 11.3 Å². The molecule has 3 aromatic carbocycles. The molecular formula is C29H29N3O2. The average Bonchev–Trinajstić information content (AvgIpc) is 3.17. The maximum atomic E-state index is 13.3. The fourth-order valence-corrected chi connectivity index (χ4v) is 3.98. The lowest BCUT2D eigenvalue weighted by Gasteiger charge is -2.12. The summed E-state index contributed by atoms with van der Waals surface area (Å²) >= 11 is 0. The fraction of sp³-hybridized carbons (Fsp3) is 0.172. The van der Waals surface area contributed by atoms with Gasteiger partial charge in [-0.3, -0.25) is 9.59 Å². The van der Waals surface area contributed by atoms with Gasteiger partial charge in [-0.15, -0.1) is 0 Å². The molecule has 0 spiro atoms. The molecule has 2 amide bonds. The van der Waals surface area contributed by atoms with E-state index in [1.807, 2.05) is 85.2 Å². The number of rotatable bonds is 7. The summed E-state index contributed by atoms with van der Waals surface area (Å²) < 4.78 is 2.03. The van der Waals surface area contributed by atoms with Crippen molar-refractivity contribution in [2.75, 3.05) is 10.6 Å². The SMILES string of the molecule is C/C=C(\C)CC(=O)Nc1ccc2c(c1)cc(C(=O)Nc1ccccc1)n2Cc1cccc(C)c1. The van der Waals surface area contributed by atoms with Gasteiger partial charge in [0.05, 0.1) is 0 Å². The molecule has 5 heteroatoms. The molecule has 0 aliphatic carbocycles. The van der Waals surface area contributed by atoms with Crippen LogP contribution in [0.1, 0.15) is 41.9 Å². The summed E-state index contributed by atoms with van der Waals surface area (Å²) in [6, 6.07) is 25.4. The Bertz CT molecular complexity index is 1370. The van der Waals surface area contributed by atoms with Gasteiger partial charge >= 0.3 is 0 Å². The number of amides is 2. The Labute approximate surface area is 200 Å². The molecule has 34 heavy (non-hydrogen) atoms. The Balaban J connectivity index is 1.70. The van der Waals surface area contributed by atoms with Crippen molar-refractivity contribution in [3.63, 3.8) is 0 Å². The van der Waals surface area contributed by atoms with Crippen molar-refractivity contribution in [2.45, 2.75) is 33.7 Å². The highest BCUT2D eigenvalue weighted by Gasteiger charge is 2.17. The molecule has 0 bridgehead atoms. The van der Waals surface area contributed by atoms with Gasteiger partial charge in [0.25, 0.3) is 5.91 Å². The number of para-hydroxylation sites is 1. The van der Waals surface area contributed by atoms with Crippen molar-refractivity contribution in [2.24, 2.45) is 0 Å². The number of nitrogens with zero attached hydrogens (tertiary/aromatic N) is 1. The third-order valence-corrected chi connectivity index (χ3v) is 5.80. The number of allylic oxidation sites excluding steroid dienone is 1. The first-order valence-electron chi connectivity index (χ1n) is 11.4. The van der Waals surface area contributed by atoms with Crippen molar-refractivity contribution in [3.8, 4) is 0 Å². The van der Waals surface area contributed by atoms with E-state index in [1.165, 1.54) is 5.56 Å². The summed E-state index contributed by atoms with van der Waals surface area (Å²) in [5.41, 5.74) is 6.26. The van der Waals surface area contributed by atoms with E-state index in [0.29, 0.717) is 24.3 Å². The zero-order valence-corrected chi connectivity index (χ0v) is 19.8. The van der Waals surface area contributed by atoms with Gasteiger partial charge in [-0.25, -0.2) is 0 Å². The molecule has 0 fully saturated rings. The summed E-state index contributed by atoms with van der Waals surface area (Å²) in [6.45, 7) is 6.49. The van der Waals surface area contributed by atoms with Crippen LogP contribution < -0.4 is 10.6 Å². The average molecular weight is 452 g/mol.